The van der Waals surface area contributed by atoms with Crippen molar-refractivity contribution in [3.05, 3.63) is 88.6 Å². The van der Waals surface area contributed by atoms with E-state index in [2.05, 4.69) is 10.3 Å². The first-order chi connectivity index (χ1) is 16.1. The highest BCUT2D eigenvalue weighted by atomic mass is 32.2. The molecule has 1 amide bonds. The zero-order chi connectivity index (χ0) is 23.2. The number of ether oxygens (including phenoxy) is 2. The predicted molar refractivity (Wildman–Crippen MR) is 128 cm³/mol. The van der Waals surface area contributed by atoms with Crippen LogP contribution in [-0.4, -0.2) is 35.2 Å². The van der Waals surface area contributed by atoms with Crippen LogP contribution in [0.3, 0.4) is 0 Å². The van der Waals surface area contributed by atoms with Crippen LogP contribution in [0.15, 0.2) is 82.5 Å². The summed E-state index contributed by atoms with van der Waals surface area (Å²) in [5.41, 5.74) is 2.84. The minimum atomic E-state index is -0.466. The molecule has 4 rings (SSSR count). The van der Waals surface area contributed by atoms with Crippen molar-refractivity contribution < 1.29 is 19.1 Å². The molecule has 0 radical (unpaired) electrons. The van der Waals surface area contributed by atoms with Crippen molar-refractivity contribution in [2.75, 3.05) is 13.2 Å². The maximum absolute atomic E-state index is 12.9. The number of carbonyl (C=O) groups excluding carboxylic acids is 2. The van der Waals surface area contributed by atoms with E-state index in [1.54, 1.807) is 13.0 Å². The molecular formula is C25H25N3O4S. The van der Waals surface area contributed by atoms with Crippen LogP contribution < -0.4 is 10.1 Å². The number of carbonyl (C=O) groups is 2. The van der Waals surface area contributed by atoms with Crippen LogP contribution in [0, 0.1) is 0 Å². The van der Waals surface area contributed by atoms with Crippen LogP contribution in [0.1, 0.15) is 31.0 Å². The molecule has 8 heteroatoms. The number of para-hydroxylation sites is 1. The molecule has 2 aliphatic heterocycles. The van der Waals surface area contributed by atoms with Crippen LogP contribution in [0.25, 0.3) is 0 Å². The van der Waals surface area contributed by atoms with Crippen molar-refractivity contribution in [3.8, 4) is 5.75 Å². The summed E-state index contributed by atoms with van der Waals surface area (Å²) in [5, 5.41) is 5.57. The van der Waals surface area contributed by atoms with Crippen LogP contribution in [0.2, 0.25) is 0 Å². The Balaban J connectivity index is 1.55. The first-order valence-electron chi connectivity index (χ1n) is 10.7. The lowest BCUT2D eigenvalue weighted by Gasteiger charge is -2.34. The molecule has 0 aliphatic carbocycles. The van der Waals surface area contributed by atoms with E-state index in [0.717, 1.165) is 16.3 Å². The lowest BCUT2D eigenvalue weighted by atomic mass is 9.94. The number of allylic oxidation sites excluding steroid dienone is 1. The number of thioether (sulfide) groups is 1. The molecule has 7 nitrogen and oxygen atoms in total. The van der Waals surface area contributed by atoms with Gasteiger partial charge in [0.25, 0.3) is 5.91 Å². The van der Waals surface area contributed by atoms with Crippen molar-refractivity contribution in [2.24, 2.45) is 4.99 Å². The number of benzene rings is 2. The van der Waals surface area contributed by atoms with E-state index in [9.17, 15) is 9.59 Å². The maximum Gasteiger partial charge on any atom is 0.338 e. The first kappa shape index (κ1) is 22.7. The number of hydrogen-bond acceptors (Lipinski definition) is 7. The molecule has 33 heavy (non-hydrogen) atoms. The topological polar surface area (TPSA) is 80.2 Å². The van der Waals surface area contributed by atoms with E-state index in [-0.39, 0.29) is 19.1 Å². The molecule has 2 aromatic rings. The highest BCUT2D eigenvalue weighted by Gasteiger charge is 2.38. The van der Waals surface area contributed by atoms with Gasteiger partial charge in [-0.25, -0.2) is 9.79 Å². The quantitative estimate of drug-likeness (QED) is 0.593. The zero-order valence-electron chi connectivity index (χ0n) is 18.5. The highest BCUT2D eigenvalue weighted by Crippen LogP contribution is 2.43. The summed E-state index contributed by atoms with van der Waals surface area (Å²) in [7, 11) is 0. The second-order valence-electron chi connectivity index (χ2n) is 7.42. The average Bonchev–Trinajstić information content (AvgIpc) is 3.29. The second-order valence-corrected chi connectivity index (χ2v) is 8.29. The van der Waals surface area contributed by atoms with Crippen molar-refractivity contribution in [3.63, 3.8) is 0 Å². The number of nitrogens with one attached hydrogen (secondary N) is 1. The van der Waals surface area contributed by atoms with Gasteiger partial charge in [0, 0.05) is 18.3 Å². The molecule has 2 aliphatic rings. The predicted octanol–water partition coefficient (Wildman–Crippen LogP) is 4.15. The molecule has 170 valence electrons. The molecule has 0 unspecified atom stereocenters. The molecule has 0 fully saturated rings. The van der Waals surface area contributed by atoms with E-state index in [1.807, 2.05) is 72.0 Å². The van der Waals surface area contributed by atoms with E-state index < -0.39 is 12.0 Å². The third-order valence-corrected chi connectivity index (χ3v) is 5.99. The highest BCUT2D eigenvalue weighted by molar-refractivity contribution is 8.16. The molecule has 0 saturated carbocycles. The molecule has 2 heterocycles. The SMILES string of the molecule is CCOC(=O)C1=C(C)N=C2SC=CN2[C@H]1c1ccccc1OCC(=O)NCc1ccccc1. The fourth-order valence-electron chi connectivity index (χ4n) is 3.70. The van der Waals surface area contributed by atoms with Gasteiger partial charge in [-0.05, 0) is 30.9 Å². The average molecular weight is 464 g/mol. The summed E-state index contributed by atoms with van der Waals surface area (Å²) < 4.78 is 11.3. The van der Waals surface area contributed by atoms with Crippen molar-refractivity contribution in [2.45, 2.75) is 26.4 Å². The third kappa shape index (κ3) is 5.12. The Labute approximate surface area is 197 Å². The monoisotopic (exact) mass is 463 g/mol. The van der Waals surface area contributed by atoms with E-state index in [0.29, 0.717) is 23.6 Å². The number of nitrogens with zero attached hydrogens (tertiary/aromatic N) is 2. The Bertz CT molecular complexity index is 1130. The molecule has 1 N–H and O–H groups in total. The number of fused-ring (bicyclic) bond motifs is 1. The number of aliphatic imine (C=N–C) groups is 1. The number of rotatable bonds is 8. The minimum absolute atomic E-state index is 0.139. The van der Waals surface area contributed by atoms with Crippen LogP contribution in [0.5, 0.6) is 5.75 Å². The molecule has 0 saturated heterocycles. The fraction of sp³-hybridized carbons (Fsp3) is 0.240. The lowest BCUT2D eigenvalue weighted by molar-refractivity contribution is -0.139. The van der Waals surface area contributed by atoms with E-state index >= 15 is 0 Å². The second kappa shape index (κ2) is 10.4. The van der Waals surface area contributed by atoms with Crippen molar-refractivity contribution >= 4 is 28.8 Å². The van der Waals surface area contributed by atoms with Crippen molar-refractivity contribution in [1.29, 1.82) is 0 Å². The molecular weight excluding hydrogens is 438 g/mol. The summed E-state index contributed by atoms with van der Waals surface area (Å²) in [6.45, 7) is 4.14. The normalized spacial score (nSPS) is 16.8. The maximum atomic E-state index is 12.9. The van der Waals surface area contributed by atoms with Crippen LogP contribution >= 0.6 is 11.8 Å². The number of esters is 1. The molecule has 2 aromatic carbocycles. The Morgan fingerprint density at radius 3 is 2.67 bits per heavy atom. The summed E-state index contributed by atoms with van der Waals surface area (Å²) in [6.07, 6.45) is 1.89. The van der Waals surface area contributed by atoms with Crippen LogP contribution in [-0.2, 0) is 20.9 Å². The fourth-order valence-corrected chi connectivity index (χ4v) is 4.50. The molecule has 0 bridgehead atoms. The van der Waals surface area contributed by atoms with Gasteiger partial charge in [0.1, 0.15) is 5.75 Å². The number of amides is 1. The van der Waals surface area contributed by atoms with Crippen molar-refractivity contribution in [1.82, 2.24) is 10.2 Å². The molecule has 0 spiro atoms. The first-order valence-corrected chi connectivity index (χ1v) is 11.6. The Morgan fingerprint density at radius 2 is 1.88 bits per heavy atom. The van der Waals surface area contributed by atoms with Gasteiger partial charge in [-0.15, -0.1) is 0 Å². The third-order valence-electron chi connectivity index (χ3n) is 5.22. The van der Waals surface area contributed by atoms with E-state index in [1.165, 1.54) is 11.8 Å². The van der Waals surface area contributed by atoms with E-state index in [4.69, 9.17) is 9.47 Å². The smallest absolute Gasteiger partial charge is 0.338 e. The van der Waals surface area contributed by atoms with Gasteiger partial charge in [0.05, 0.1) is 23.9 Å². The van der Waals surface area contributed by atoms with Gasteiger partial charge in [0.2, 0.25) is 0 Å². The Hall–Kier alpha value is -3.52. The number of amidine groups is 1. The standard InChI is InChI=1S/C25H25N3O4S/c1-3-31-24(30)22-17(2)27-25-28(13-14-33-25)23(22)19-11-7-8-12-20(19)32-16-21(29)26-15-18-9-5-4-6-10-18/h4-14,23H,3,15-16H2,1-2H3,(H,26,29)/t23-/m0/s1. The Morgan fingerprint density at radius 1 is 1.12 bits per heavy atom. The Kier molecular flexibility index (Phi) is 7.14. The van der Waals surface area contributed by atoms with Gasteiger partial charge in [0.15, 0.2) is 11.8 Å². The zero-order valence-corrected chi connectivity index (χ0v) is 19.3. The van der Waals surface area contributed by atoms with Gasteiger partial charge in [-0.3, -0.25) is 4.79 Å². The summed E-state index contributed by atoms with van der Waals surface area (Å²) in [6, 6.07) is 16.6. The molecule has 0 aromatic heterocycles. The molecule has 1 atom stereocenters. The summed E-state index contributed by atoms with van der Waals surface area (Å²) in [5.74, 6) is -0.115. The summed E-state index contributed by atoms with van der Waals surface area (Å²) in [4.78, 5) is 31.8. The minimum Gasteiger partial charge on any atom is -0.483 e. The van der Waals surface area contributed by atoms with Gasteiger partial charge >= 0.3 is 5.97 Å². The van der Waals surface area contributed by atoms with Gasteiger partial charge in [-0.1, -0.05) is 60.3 Å². The van der Waals surface area contributed by atoms with Gasteiger partial charge in [-0.2, -0.15) is 0 Å². The van der Waals surface area contributed by atoms with Crippen LogP contribution in [0.4, 0.5) is 0 Å². The largest absolute Gasteiger partial charge is 0.483 e. The number of hydrogen-bond donors (Lipinski definition) is 1. The van der Waals surface area contributed by atoms with Gasteiger partial charge < -0.3 is 19.7 Å². The lowest BCUT2D eigenvalue weighted by Crippen LogP contribution is -2.34. The summed E-state index contributed by atoms with van der Waals surface area (Å²) >= 11 is 1.49.